The maximum Gasteiger partial charge on any atom is 0.338 e. The summed E-state index contributed by atoms with van der Waals surface area (Å²) in [6, 6.07) is 4.73. The van der Waals surface area contributed by atoms with Gasteiger partial charge in [-0.15, -0.1) is 0 Å². The molecule has 0 amide bonds. The van der Waals surface area contributed by atoms with E-state index in [4.69, 9.17) is 13.9 Å². The number of carbonyl (C=O) groups is 2. The van der Waals surface area contributed by atoms with E-state index < -0.39 is 20.3 Å². The first-order valence-corrected chi connectivity index (χ1v) is 11.1. The highest BCUT2D eigenvalue weighted by molar-refractivity contribution is 6.74. The van der Waals surface area contributed by atoms with Crippen molar-refractivity contribution in [3.63, 3.8) is 0 Å². The van der Waals surface area contributed by atoms with E-state index in [1.165, 1.54) is 6.07 Å². The van der Waals surface area contributed by atoms with Gasteiger partial charge in [0.05, 0.1) is 24.3 Å². The normalized spacial score (nSPS) is 11.8. The number of hydrogen-bond donors (Lipinski definition) is 0. The van der Waals surface area contributed by atoms with Crippen molar-refractivity contribution < 1.29 is 23.5 Å². The SMILES string of the molecule is CCOC(=O)c1cc(O[Si](C)(C)C(C)(C)C)cc(C(=O)OCC)c1. The van der Waals surface area contributed by atoms with E-state index in [0.717, 1.165) is 0 Å². The van der Waals surface area contributed by atoms with Crippen LogP contribution in [0.5, 0.6) is 5.75 Å². The average molecular weight is 353 g/mol. The van der Waals surface area contributed by atoms with E-state index in [1.54, 1.807) is 26.0 Å². The molecule has 0 bridgehead atoms. The zero-order chi connectivity index (χ0) is 18.5. The van der Waals surface area contributed by atoms with Crippen LogP contribution in [0.4, 0.5) is 0 Å². The number of carbonyl (C=O) groups excluding carboxylic acids is 2. The lowest BCUT2D eigenvalue weighted by Crippen LogP contribution is -2.43. The molecule has 5 nitrogen and oxygen atoms in total. The van der Waals surface area contributed by atoms with Crippen LogP contribution in [-0.4, -0.2) is 33.5 Å². The zero-order valence-corrected chi connectivity index (χ0v) is 16.7. The van der Waals surface area contributed by atoms with E-state index >= 15 is 0 Å². The molecule has 1 aromatic carbocycles. The van der Waals surface area contributed by atoms with Crippen LogP contribution in [0.2, 0.25) is 18.1 Å². The maximum atomic E-state index is 12.1. The smallest absolute Gasteiger partial charge is 0.338 e. The van der Waals surface area contributed by atoms with Gasteiger partial charge in [0.1, 0.15) is 5.75 Å². The van der Waals surface area contributed by atoms with Crippen molar-refractivity contribution in [3.8, 4) is 5.75 Å². The van der Waals surface area contributed by atoms with Crippen LogP contribution in [-0.2, 0) is 9.47 Å². The Hall–Kier alpha value is -1.82. The van der Waals surface area contributed by atoms with Crippen LogP contribution in [0.15, 0.2) is 18.2 Å². The molecule has 0 N–H and O–H groups in total. The lowest BCUT2D eigenvalue weighted by molar-refractivity contribution is 0.0524. The minimum Gasteiger partial charge on any atom is -0.543 e. The van der Waals surface area contributed by atoms with Crippen molar-refractivity contribution in [1.29, 1.82) is 0 Å². The Kier molecular flexibility index (Phi) is 6.60. The molecule has 1 rings (SSSR count). The molecule has 1 aromatic rings. The summed E-state index contributed by atoms with van der Waals surface area (Å²) in [6.07, 6.45) is 0. The fraction of sp³-hybridized carbons (Fsp3) is 0.556. The van der Waals surface area contributed by atoms with Gasteiger partial charge in [0.25, 0.3) is 0 Å². The lowest BCUT2D eigenvalue weighted by atomic mass is 10.1. The largest absolute Gasteiger partial charge is 0.543 e. The van der Waals surface area contributed by atoms with Crippen LogP contribution < -0.4 is 4.43 Å². The predicted molar refractivity (Wildman–Crippen MR) is 96.2 cm³/mol. The molecule has 0 unspecified atom stereocenters. The Morgan fingerprint density at radius 2 is 1.33 bits per heavy atom. The highest BCUT2D eigenvalue weighted by atomic mass is 28.4. The minimum atomic E-state index is -2.10. The quantitative estimate of drug-likeness (QED) is 0.560. The highest BCUT2D eigenvalue weighted by Gasteiger charge is 2.39. The summed E-state index contributed by atoms with van der Waals surface area (Å²) in [6.45, 7) is 14.6. The topological polar surface area (TPSA) is 61.8 Å². The molecule has 134 valence electrons. The van der Waals surface area contributed by atoms with Gasteiger partial charge in [-0.05, 0) is 50.2 Å². The summed E-state index contributed by atoms with van der Waals surface area (Å²) in [7, 11) is -2.10. The molecule has 24 heavy (non-hydrogen) atoms. The number of hydrogen-bond acceptors (Lipinski definition) is 5. The molecule has 0 saturated carbocycles. The number of benzene rings is 1. The van der Waals surface area contributed by atoms with Crippen molar-refractivity contribution in [2.45, 2.75) is 52.8 Å². The van der Waals surface area contributed by atoms with Gasteiger partial charge in [-0.1, -0.05) is 20.8 Å². The van der Waals surface area contributed by atoms with Gasteiger partial charge >= 0.3 is 11.9 Å². The van der Waals surface area contributed by atoms with E-state index in [2.05, 4.69) is 33.9 Å². The van der Waals surface area contributed by atoms with Gasteiger partial charge < -0.3 is 13.9 Å². The summed E-state index contributed by atoms with van der Waals surface area (Å²) in [5.41, 5.74) is 0.576. The summed E-state index contributed by atoms with van der Waals surface area (Å²) in [5.74, 6) is -0.470. The molecular weight excluding hydrogens is 324 g/mol. The first kappa shape index (κ1) is 20.2. The zero-order valence-electron chi connectivity index (χ0n) is 15.7. The standard InChI is InChI=1S/C18H28O5Si/c1-8-21-16(19)13-10-14(17(20)22-9-2)12-15(11-13)23-24(6,7)18(3,4)5/h10-12H,8-9H2,1-7H3. The van der Waals surface area contributed by atoms with Gasteiger partial charge in [-0.25, -0.2) is 9.59 Å². The molecule has 0 radical (unpaired) electrons. The van der Waals surface area contributed by atoms with E-state index in [0.29, 0.717) is 5.75 Å². The number of rotatable bonds is 6. The molecule has 0 aromatic heterocycles. The molecule has 0 fully saturated rings. The van der Waals surface area contributed by atoms with Crippen LogP contribution in [0.25, 0.3) is 0 Å². The van der Waals surface area contributed by atoms with Crippen molar-refractivity contribution in [2.75, 3.05) is 13.2 Å². The summed E-state index contributed by atoms with van der Waals surface area (Å²) in [5, 5.41) is -0.00295. The van der Waals surface area contributed by atoms with Gasteiger partial charge in [-0.2, -0.15) is 0 Å². The number of esters is 2. The van der Waals surface area contributed by atoms with Crippen molar-refractivity contribution >= 4 is 20.3 Å². The second kappa shape index (κ2) is 7.83. The minimum absolute atomic E-state index is 0.00295. The third-order valence-corrected chi connectivity index (χ3v) is 8.47. The highest BCUT2D eigenvalue weighted by Crippen LogP contribution is 2.37. The van der Waals surface area contributed by atoms with E-state index in [-0.39, 0.29) is 29.4 Å². The first-order chi connectivity index (χ1) is 11.0. The van der Waals surface area contributed by atoms with Gasteiger partial charge in [0.2, 0.25) is 8.32 Å². The Bertz CT molecular complexity index is 566. The Balaban J connectivity index is 3.28. The molecule has 0 atom stereocenters. The molecule has 0 spiro atoms. The molecule has 0 saturated heterocycles. The van der Waals surface area contributed by atoms with Crippen LogP contribution in [0.1, 0.15) is 55.3 Å². The molecule has 0 aliphatic rings. The first-order valence-electron chi connectivity index (χ1n) is 8.20. The van der Waals surface area contributed by atoms with Crippen LogP contribution >= 0.6 is 0 Å². The van der Waals surface area contributed by atoms with E-state index in [1.807, 2.05) is 0 Å². The monoisotopic (exact) mass is 352 g/mol. The third-order valence-electron chi connectivity index (χ3n) is 4.11. The third kappa shape index (κ3) is 5.09. The predicted octanol–water partition coefficient (Wildman–Crippen LogP) is 4.42. The summed E-state index contributed by atoms with van der Waals surface area (Å²) in [4.78, 5) is 24.1. The van der Waals surface area contributed by atoms with Gasteiger partial charge in [-0.3, -0.25) is 0 Å². The Morgan fingerprint density at radius 1 is 0.917 bits per heavy atom. The fourth-order valence-electron chi connectivity index (χ4n) is 1.77. The molecular formula is C18H28O5Si. The molecule has 0 aliphatic heterocycles. The van der Waals surface area contributed by atoms with E-state index in [9.17, 15) is 9.59 Å². The van der Waals surface area contributed by atoms with Gasteiger partial charge in [0.15, 0.2) is 0 Å². The Morgan fingerprint density at radius 3 is 1.67 bits per heavy atom. The fourth-order valence-corrected chi connectivity index (χ4v) is 2.78. The molecule has 6 heteroatoms. The van der Waals surface area contributed by atoms with Crippen LogP contribution in [0.3, 0.4) is 0 Å². The number of ether oxygens (including phenoxy) is 2. The van der Waals surface area contributed by atoms with Crippen molar-refractivity contribution in [3.05, 3.63) is 29.3 Å². The molecule has 0 heterocycles. The van der Waals surface area contributed by atoms with Crippen molar-refractivity contribution in [1.82, 2.24) is 0 Å². The average Bonchev–Trinajstić information content (AvgIpc) is 2.45. The van der Waals surface area contributed by atoms with Crippen molar-refractivity contribution in [2.24, 2.45) is 0 Å². The second-order valence-electron chi connectivity index (χ2n) is 7.05. The maximum absolute atomic E-state index is 12.1. The summed E-state index contributed by atoms with van der Waals surface area (Å²) >= 11 is 0. The van der Waals surface area contributed by atoms with Gasteiger partial charge in [0, 0.05) is 0 Å². The summed E-state index contributed by atoms with van der Waals surface area (Å²) < 4.78 is 16.3. The Labute approximate surface area is 145 Å². The van der Waals surface area contributed by atoms with Crippen LogP contribution in [0, 0.1) is 0 Å². The lowest BCUT2D eigenvalue weighted by Gasteiger charge is -2.36. The molecule has 0 aliphatic carbocycles. The second-order valence-corrected chi connectivity index (χ2v) is 11.8.